The van der Waals surface area contributed by atoms with Gasteiger partial charge in [-0.1, -0.05) is 6.42 Å². The van der Waals surface area contributed by atoms with E-state index in [1.54, 1.807) is 0 Å². The normalized spacial score (nSPS) is 48.0. The Bertz CT molecular complexity index is 732. The molecule has 0 aromatic heterocycles. The monoisotopic (exact) mass is 496 g/mol. The molecule has 6 nitrogen and oxygen atoms in total. The molecule has 36 heavy (non-hydrogen) atoms. The van der Waals surface area contributed by atoms with Crippen LogP contribution in [-0.2, 0) is 0 Å². The van der Waals surface area contributed by atoms with Crippen LogP contribution in [-0.4, -0.2) is 36.2 Å². The first-order chi connectivity index (χ1) is 17.4. The van der Waals surface area contributed by atoms with E-state index >= 15 is 0 Å². The van der Waals surface area contributed by atoms with E-state index < -0.39 is 0 Å². The molecule has 9 aliphatic rings. The summed E-state index contributed by atoms with van der Waals surface area (Å²) in [6.07, 6.45) is 20.3. The van der Waals surface area contributed by atoms with Crippen LogP contribution in [0.5, 0.6) is 0 Å². The van der Waals surface area contributed by atoms with Gasteiger partial charge >= 0.3 is 12.1 Å². The maximum atomic E-state index is 12.9. The molecule has 8 bridgehead atoms. The third-order valence-electron chi connectivity index (χ3n) is 11.8. The molecule has 4 amide bonds. The first-order valence-electron chi connectivity index (χ1n) is 15.5. The van der Waals surface area contributed by atoms with Crippen LogP contribution >= 0.6 is 0 Å². The Labute approximate surface area is 217 Å². The Balaban J connectivity index is 0.845. The van der Waals surface area contributed by atoms with Crippen molar-refractivity contribution in [2.24, 2.45) is 47.3 Å². The minimum Gasteiger partial charge on any atom is -0.338 e. The molecule has 0 saturated heterocycles. The van der Waals surface area contributed by atoms with E-state index in [2.05, 4.69) is 21.3 Å². The fraction of sp³-hybridized carbons (Fsp3) is 0.933. The van der Waals surface area contributed by atoms with Crippen molar-refractivity contribution < 1.29 is 9.59 Å². The number of carbonyl (C=O) groups is 2. The Morgan fingerprint density at radius 2 is 0.861 bits per heavy atom. The van der Waals surface area contributed by atoms with Crippen LogP contribution in [0.2, 0.25) is 0 Å². The van der Waals surface area contributed by atoms with Crippen molar-refractivity contribution in [3.8, 4) is 0 Å². The first kappa shape index (κ1) is 23.6. The van der Waals surface area contributed by atoms with E-state index in [9.17, 15) is 9.59 Å². The molecular weight excluding hydrogens is 448 g/mol. The van der Waals surface area contributed by atoms with Crippen LogP contribution in [0.25, 0.3) is 0 Å². The van der Waals surface area contributed by atoms with Crippen LogP contribution in [0, 0.1) is 47.3 Å². The summed E-state index contributed by atoms with van der Waals surface area (Å²) in [7, 11) is 0. The zero-order valence-corrected chi connectivity index (χ0v) is 22.2. The summed E-state index contributed by atoms with van der Waals surface area (Å²) in [4.78, 5) is 25.8. The summed E-state index contributed by atoms with van der Waals surface area (Å²) >= 11 is 0. The van der Waals surface area contributed by atoms with Gasteiger partial charge in [0.1, 0.15) is 0 Å². The standard InChI is InChI=1S/C30H48N4O2/c35-27(33-29-11-21-5-22(12-29)7-23(6-21)13-29)31-17-19-2-1-3-20(4-19)18-32-28(36)34-30-14-24-8-25(15-30)10-26(9-24)16-30/h19-26H,1-18H2,(H2,31,33,35)(H2,32,34,36)/t19-,20-,21?,22?,23?,24?,25?,26?,29?,30?/m1/s1. The third-order valence-corrected chi connectivity index (χ3v) is 11.8. The van der Waals surface area contributed by atoms with Crippen molar-refractivity contribution >= 4 is 12.1 Å². The van der Waals surface area contributed by atoms with E-state index in [1.807, 2.05) is 0 Å². The largest absolute Gasteiger partial charge is 0.338 e. The summed E-state index contributed by atoms with van der Waals surface area (Å²) in [5, 5.41) is 13.4. The predicted molar refractivity (Wildman–Crippen MR) is 140 cm³/mol. The van der Waals surface area contributed by atoms with E-state index in [0.29, 0.717) is 11.8 Å². The lowest BCUT2D eigenvalue weighted by Gasteiger charge is -2.56. The van der Waals surface area contributed by atoms with Gasteiger partial charge in [0.05, 0.1) is 0 Å². The molecule has 2 atom stereocenters. The van der Waals surface area contributed by atoms with Crippen molar-refractivity contribution in [1.29, 1.82) is 0 Å². The number of nitrogens with one attached hydrogen (secondary N) is 4. The van der Waals surface area contributed by atoms with E-state index in [4.69, 9.17) is 0 Å². The molecule has 6 heteroatoms. The van der Waals surface area contributed by atoms with Crippen molar-refractivity contribution in [2.75, 3.05) is 13.1 Å². The predicted octanol–water partition coefficient (Wildman–Crippen LogP) is 5.33. The van der Waals surface area contributed by atoms with Gasteiger partial charge in [0.15, 0.2) is 0 Å². The van der Waals surface area contributed by atoms with Gasteiger partial charge in [-0.2, -0.15) is 0 Å². The van der Waals surface area contributed by atoms with Crippen molar-refractivity contribution in [1.82, 2.24) is 21.3 Å². The molecule has 0 aromatic rings. The van der Waals surface area contributed by atoms with Gasteiger partial charge in [0, 0.05) is 24.2 Å². The molecule has 9 rings (SSSR count). The second kappa shape index (κ2) is 9.08. The van der Waals surface area contributed by atoms with Crippen molar-refractivity contribution in [2.45, 2.75) is 114 Å². The van der Waals surface area contributed by atoms with E-state index in [-0.39, 0.29) is 23.1 Å². The minimum atomic E-state index is 0.0622. The second-order valence-corrected chi connectivity index (χ2v) is 15.0. The average molecular weight is 497 g/mol. The van der Waals surface area contributed by atoms with Gasteiger partial charge in [0.2, 0.25) is 0 Å². The molecule has 0 radical (unpaired) electrons. The molecule has 0 heterocycles. The van der Waals surface area contributed by atoms with Gasteiger partial charge in [-0.05, 0) is 144 Å². The average Bonchev–Trinajstić information content (AvgIpc) is 2.79. The number of urea groups is 2. The highest BCUT2D eigenvalue weighted by atomic mass is 16.2. The van der Waals surface area contributed by atoms with Crippen molar-refractivity contribution in [3.63, 3.8) is 0 Å². The maximum Gasteiger partial charge on any atom is 0.315 e. The molecule has 4 N–H and O–H groups in total. The van der Waals surface area contributed by atoms with E-state index in [0.717, 1.165) is 55.0 Å². The third kappa shape index (κ3) is 4.75. The lowest BCUT2D eigenvalue weighted by Crippen LogP contribution is -2.61. The fourth-order valence-corrected chi connectivity index (χ4v) is 11.3. The molecule has 9 fully saturated rings. The highest BCUT2D eigenvalue weighted by Gasteiger charge is 2.52. The molecular formula is C30H48N4O2. The Hall–Kier alpha value is -1.46. The zero-order valence-electron chi connectivity index (χ0n) is 22.2. The Morgan fingerprint density at radius 3 is 1.19 bits per heavy atom. The number of amides is 4. The van der Waals surface area contributed by atoms with Gasteiger partial charge in [0.25, 0.3) is 0 Å². The lowest BCUT2D eigenvalue weighted by atomic mass is 9.53. The molecule has 200 valence electrons. The topological polar surface area (TPSA) is 82.3 Å². The van der Waals surface area contributed by atoms with Crippen LogP contribution in [0.1, 0.15) is 103 Å². The quantitative estimate of drug-likeness (QED) is 0.401. The van der Waals surface area contributed by atoms with Gasteiger partial charge in [-0.3, -0.25) is 0 Å². The smallest absolute Gasteiger partial charge is 0.315 e. The summed E-state index contributed by atoms with van der Waals surface area (Å²) in [5.74, 6) is 6.16. The number of rotatable bonds is 6. The first-order valence-corrected chi connectivity index (χ1v) is 15.5. The van der Waals surface area contributed by atoms with Gasteiger partial charge in [-0.25, -0.2) is 9.59 Å². The maximum absolute atomic E-state index is 12.9. The highest BCUT2D eigenvalue weighted by molar-refractivity contribution is 5.75. The molecule has 9 aliphatic carbocycles. The summed E-state index contributed by atoms with van der Waals surface area (Å²) < 4.78 is 0. The number of hydrogen-bond donors (Lipinski definition) is 4. The van der Waals surface area contributed by atoms with Gasteiger partial charge < -0.3 is 21.3 Å². The molecule has 9 saturated carbocycles. The Kier molecular flexibility index (Phi) is 5.96. The number of carbonyl (C=O) groups excluding carboxylic acids is 2. The number of hydrogen-bond acceptors (Lipinski definition) is 2. The van der Waals surface area contributed by atoms with Crippen molar-refractivity contribution in [3.05, 3.63) is 0 Å². The summed E-state index contributed by atoms with van der Waals surface area (Å²) in [5.41, 5.74) is 0.170. The van der Waals surface area contributed by atoms with Crippen LogP contribution in [0.3, 0.4) is 0 Å². The highest BCUT2D eigenvalue weighted by Crippen LogP contribution is 2.56. The van der Waals surface area contributed by atoms with Gasteiger partial charge in [-0.15, -0.1) is 0 Å². The SMILES string of the molecule is O=C(NC[C@@H]1CCC[C@@H](CNC(=O)NC23CC4CC(CC(C4)C2)C3)C1)NC12CC3CC(CC(C3)C1)C2. The van der Waals surface area contributed by atoms with Crippen LogP contribution in [0.15, 0.2) is 0 Å². The fourth-order valence-electron chi connectivity index (χ4n) is 11.3. The lowest BCUT2D eigenvalue weighted by molar-refractivity contribution is -0.0138. The Morgan fingerprint density at radius 1 is 0.528 bits per heavy atom. The molecule has 0 spiro atoms. The minimum absolute atomic E-state index is 0.0622. The summed E-state index contributed by atoms with van der Waals surface area (Å²) in [6, 6.07) is 0.124. The zero-order chi connectivity index (χ0) is 24.3. The molecule has 0 unspecified atom stereocenters. The molecule has 0 aromatic carbocycles. The molecule has 0 aliphatic heterocycles. The van der Waals surface area contributed by atoms with Crippen LogP contribution in [0.4, 0.5) is 9.59 Å². The summed E-state index contributed by atoms with van der Waals surface area (Å²) in [6.45, 7) is 1.54. The van der Waals surface area contributed by atoms with E-state index in [1.165, 1.54) is 96.3 Å². The second-order valence-electron chi connectivity index (χ2n) is 15.0. The van der Waals surface area contributed by atoms with Crippen LogP contribution < -0.4 is 21.3 Å².